The van der Waals surface area contributed by atoms with Gasteiger partial charge in [0.15, 0.2) is 0 Å². The van der Waals surface area contributed by atoms with Crippen LogP contribution < -0.4 is 4.74 Å². The van der Waals surface area contributed by atoms with Crippen LogP contribution in [-0.4, -0.2) is 47.1 Å². The Labute approximate surface area is 162 Å². The van der Waals surface area contributed by atoms with E-state index in [4.69, 9.17) is 4.74 Å². The van der Waals surface area contributed by atoms with Gasteiger partial charge in [0, 0.05) is 36.1 Å². The Bertz CT molecular complexity index is 1010. The molecule has 3 aromatic rings. The minimum absolute atomic E-state index is 0.0727. The highest BCUT2D eigenvalue weighted by Gasteiger charge is 2.40. The Morgan fingerprint density at radius 2 is 1.93 bits per heavy atom. The first-order chi connectivity index (χ1) is 13.6. The number of aromatic nitrogens is 1. The fourth-order valence-corrected chi connectivity index (χ4v) is 4.10. The number of nitrogens with zero attached hydrogens (tertiary/aromatic N) is 1. The van der Waals surface area contributed by atoms with Gasteiger partial charge in [-0.15, -0.1) is 0 Å². The highest BCUT2D eigenvalue weighted by molar-refractivity contribution is 5.93. The summed E-state index contributed by atoms with van der Waals surface area (Å²) in [5, 5.41) is 10.5. The number of carboxylic acid groups (broad SMARTS) is 1. The maximum Gasteiger partial charge on any atom is 0.308 e. The molecule has 6 nitrogen and oxygen atoms in total. The molecule has 6 heteroatoms. The number of carbonyl (C=O) groups is 2. The molecule has 0 radical (unpaired) electrons. The lowest BCUT2D eigenvalue weighted by molar-refractivity contribution is -0.141. The average Bonchev–Trinajstić information content (AvgIpc) is 3.33. The largest absolute Gasteiger partial charge is 0.496 e. The lowest BCUT2D eigenvalue weighted by atomic mass is 9.89. The number of ether oxygens (including phenoxy) is 1. The molecule has 1 saturated heterocycles. The number of rotatable bonds is 5. The van der Waals surface area contributed by atoms with E-state index in [-0.39, 0.29) is 24.8 Å². The average molecular weight is 378 g/mol. The van der Waals surface area contributed by atoms with Crippen molar-refractivity contribution in [3.05, 3.63) is 65.9 Å². The number of aliphatic carboxylic acids is 1. The van der Waals surface area contributed by atoms with Crippen LogP contribution in [0.4, 0.5) is 0 Å². The molecule has 2 N–H and O–H groups in total. The molecule has 1 aliphatic rings. The molecule has 0 saturated carbocycles. The zero-order valence-corrected chi connectivity index (χ0v) is 15.6. The van der Waals surface area contributed by atoms with Crippen molar-refractivity contribution in [2.24, 2.45) is 5.92 Å². The normalized spacial score (nSPS) is 19.1. The first-order valence-corrected chi connectivity index (χ1v) is 9.27. The van der Waals surface area contributed by atoms with Crippen LogP contribution in [0.3, 0.4) is 0 Å². The number of hydrogen-bond acceptors (Lipinski definition) is 3. The monoisotopic (exact) mass is 378 g/mol. The summed E-state index contributed by atoms with van der Waals surface area (Å²) >= 11 is 0. The lowest BCUT2D eigenvalue weighted by Crippen LogP contribution is -2.31. The van der Waals surface area contributed by atoms with Gasteiger partial charge in [-0.05, 0) is 23.3 Å². The molecule has 1 aromatic heterocycles. The number of methoxy groups -OCH3 is 1. The number of H-pyrrole nitrogens is 1. The predicted octanol–water partition coefficient (Wildman–Crippen LogP) is 3.05. The quantitative estimate of drug-likeness (QED) is 0.715. The van der Waals surface area contributed by atoms with Gasteiger partial charge in [-0.25, -0.2) is 0 Å². The molecule has 2 atom stereocenters. The summed E-state index contributed by atoms with van der Waals surface area (Å²) in [6.45, 7) is 0.645. The van der Waals surface area contributed by atoms with E-state index in [0.29, 0.717) is 12.3 Å². The molecule has 2 heterocycles. The third-order valence-corrected chi connectivity index (χ3v) is 5.53. The van der Waals surface area contributed by atoms with E-state index in [9.17, 15) is 14.7 Å². The number of amides is 1. The van der Waals surface area contributed by atoms with Crippen LogP contribution in [0.25, 0.3) is 10.9 Å². The Balaban J connectivity index is 1.57. The fraction of sp³-hybridized carbons (Fsp3) is 0.273. The highest BCUT2D eigenvalue weighted by Crippen LogP contribution is 2.34. The first kappa shape index (κ1) is 18.1. The smallest absolute Gasteiger partial charge is 0.308 e. The molecule has 0 bridgehead atoms. The van der Waals surface area contributed by atoms with E-state index >= 15 is 0 Å². The van der Waals surface area contributed by atoms with Crippen LogP contribution in [0, 0.1) is 5.92 Å². The van der Waals surface area contributed by atoms with Crippen LogP contribution >= 0.6 is 0 Å². The van der Waals surface area contributed by atoms with Crippen LogP contribution in [0.1, 0.15) is 17.0 Å². The van der Waals surface area contributed by atoms with Gasteiger partial charge in [-0.1, -0.05) is 36.4 Å². The van der Waals surface area contributed by atoms with Crippen molar-refractivity contribution in [2.45, 2.75) is 12.3 Å². The summed E-state index contributed by atoms with van der Waals surface area (Å²) in [5.74, 6) is -1.01. The van der Waals surface area contributed by atoms with Crippen LogP contribution in [0.5, 0.6) is 5.75 Å². The molecule has 144 valence electrons. The van der Waals surface area contributed by atoms with Gasteiger partial charge in [-0.3, -0.25) is 9.59 Å². The number of carbonyl (C=O) groups excluding carboxylic acids is 1. The van der Waals surface area contributed by atoms with Crippen molar-refractivity contribution in [1.29, 1.82) is 0 Å². The highest BCUT2D eigenvalue weighted by atomic mass is 16.5. The molecule has 2 aromatic carbocycles. The SMILES string of the molecule is COc1cccc2[nH]cc(CC(=O)N3C[C@H](C(=O)O)[C@H](c4ccccc4)C3)c12. The standard InChI is InChI=1S/C22H22N2O4/c1-28-19-9-5-8-18-21(19)15(11-23-18)10-20(25)24-12-16(17(13-24)22(26)27)14-6-3-2-4-7-14/h2-9,11,16-17,23H,10,12-13H2,1H3,(H,26,27)/t16-,17-/m0/s1. The third-order valence-electron chi connectivity index (χ3n) is 5.53. The lowest BCUT2D eigenvalue weighted by Gasteiger charge is -2.16. The molecule has 1 aliphatic heterocycles. The van der Waals surface area contributed by atoms with E-state index in [1.165, 1.54) is 0 Å². The molecule has 0 spiro atoms. The number of fused-ring (bicyclic) bond motifs is 1. The van der Waals surface area contributed by atoms with Crippen molar-refractivity contribution in [3.8, 4) is 5.75 Å². The first-order valence-electron chi connectivity index (χ1n) is 9.27. The summed E-state index contributed by atoms with van der Waals surface area (Å²) in [4.78, 5) is 29.6. The Morgan fingerprint density at radius 3 is 2.64 bits per heavy atom. The maximum atomic E-state index is 13.0. The van der Waals surface area contributed by atoms with E-state index in [1.807, 2.05) is 54.7 Å². The van der Waals surface area contributed by atoms with Crippen molar-refractivity contribution in [2.75, 3.05) is 20.2 Å². The number of aromatic amines is 1. The van der Waals surface area contributed by atoms with Gasteiger partial charge in [0.05, 0.1) is 19.4 Å². The third kappa shape index (κ3) is 3.22. The fourth-order valence-electron chi connectivity index (χ4n) is 4.10. The van der Waals surface area contributed by atoms with Crippen molar-refractivity contribution < 1.29 is 19.4 Å². The molecular formula is C22H22N2O4. The Morgan fingerprint density at radius 1 is 1.14 bits per heavy atom. The molecule has 0 unspecified atom stereocenters. The Hall–Kier alpha value is -3.28. The van der Waals surface area contributed by atoms with Crippen molar-refractivity contribution in [3.63, 3.8) is 0 Å². The minimum atomic E-state index is -0.863. The second-order valence-electron chi connectivity index (χ2n) is 7.13. The summed E-state index contributed by atoms with van der Waals surface area (Å²) in [6, 6.07) is 15.3. The maximum absolute atomic E-state index is 13.0. The van der Waals surface area contributed by atoms with Crippen LogP contribution in [-0.2, 0) is 16.0 Å². The number of benzene rings is 2. The summed E-state index contributed by atoms with van der Waals surface area (Å²) in [5.41, 5.74) is 2.72. The van der Waals surface area contributed by atoms with Gasteiger partial charge in [0.25, 0.3) is 0 Å². The van der Waals surface area contributed by atoms with Gasteiger partial charge in [-0.2, -0.15) is 0 Å². The zero-order chi connectivity index (χ0) is 19.7. The molecule has 1 fully saturated rings. The van der Waals surface area contributed by atoms with Gasteiger partial charge >= 0.3 is 5.97 Å². The Kier molecular flexibility index (Phi) is 4.77. The van der Waals surface area contributed by atoms with Gasteiger partial charge in [0.2, 0.25) is 5.91 Å². The van der Waals surface area contributed by atoms with E-state index in [1.54, 1.807) is 12.0 Å². The van der Waals surface area contributed by atoms with Crippen molar-refractivity contribution in [1.82, 2.24) is 9.88 Å². The van der Waals surface area contributed by atoms with E-state index in [2.05, 4.69) is 4.98 Å². The van der Waals surface area contributed by atoms with E-state index < -0.39 is 11.9 Å². The number of hydrogen-bond donors (Lipinski definition) is 2. The number of carboxylic acids is 1. The van der Waals surface area contributed by atoms with Crippen molar-refractivity contribution >= 4 is 22.8 Å². The van der Waals surface area contributed by atoms with Gasteiger partial charge < -0.3 is 19.7 Å². The van der Waals surface area contributed by atoms with Crippen LogP contribution in [0.2, 0.25) is 0 Å². The van der Waals surface area contributed by atoms with Gasteiger partial charge in [0.1, 0.15) is 5.75 Å². The molecule has 4 rings (SSSR count). The summed E-state index contributed by atoms with van der Waals surface area (Å²) in [6.07, 6.45) is 2.03. The number of nitrogens with one attached hydrogen (secondary N) is 1. The number of likely N-dealkylation sites (tertiary alicyclic amines) is 1. The summed E-state index contributed by atoms with van der Waals surface area (Å²) in [7, 11) is 1.61. The van der Waals surface area contributed by atoms with E-state index in [0.717, 1.165) is 22.0 Å². The zero-order valence-electron chi connectivity index (χ0n) is 15.6. The minimum Gasteiger partial charge on any atom is -0.496 e. The summed E-state index contributed by atoms with van der Waals surface area (Å²) < 4.78 is 5.43. The second kappa shape index (κ2) is 7.38. The second-order valence-corrected chi connectivity index (χ2v) is 7.13. The predicted molar refractivity (Wildman–Crippen MR) is 105 cm³/mol. The molecular weight excluding hydrogens is 356 g/mol. The molecule has 1 amide bonds. The van der Waals surface area contributed by atoms with Crippen LogP contribution in [0.15, 0.2) is 54.7 Å². The topological polar surface area (TPSA) is 82.6 Å². The molecule has 0 aliphatic carbocycles. The molecule has 28 heavy (non-hydrogen) atoms.